The van der Waals surface area contributed by atoms with Crippen molar-refractivity contribution in [3.05, 3.63) is 47.8 Å². The number of anilines is 1. The smallest absolute Gasteiger partial charge is 0.117 e. The van der Waals surface area contributed by atoms with Gasteiger partial charge in [-0.3, -0.25) is 0 Å². The minimum Gasteiger partial charge on any atom is -0.360 e. The highest BCUT2D eigenvalue weighted by Gasteiger charge is 2.11. The largest absolute Gasteiger partial charge is 0.360 e. The molecule has 0 spiro atoms. The fourth-order valence-electron chi connectivity index (χ4n) is 1.70. The Morgan fingerprint density at radius 2 is 2.21 bits per heavy atom. The second-order valence-corrected chi connectivity index (χ2v) is 4.33. The number of amidine groups is 1. The van der Waals surface area contributed by atoms with Gasteiger partial charge in [-0.2, -0.15) is 0 Å². The highest BCUT2D eigenvalue weighted by molar-refractivity contribution is 6.33. The average Bonchev–Trinajstić information content (AvgIpc) is 2.43. The number of rotatable bonds is 1. The van der Waals surface area contributed by atoms with Gasteiger partial charge >= 0.3 is 0 Å². The first-order valence-corrected chi connectivity index (χ1v) is 6.35. The highest BCUT2D eigenvalue weighted by Crippen LogP contribution is 2.29. The summed E-state index contributed by atoms with van der Waals surface area (Å²) in [6.07, 6.45) is 5.58. The van der Waals surface area contributed by atoms with Gasteiger partial charge in [0, 0.05) is 30.1 Å². The van der Waals surface area contributed by atoms with Crippen molar-refractivity contribution in [1.29, 1.82) is 0 Å². The molecule has 19 heavy (non-hydrogen) atoms. The number of aliphatic imine (C=N–C) groups is 2. The molecule has 1 aromatic rings. The van der Waals surface area contributed by atoms with E-state index in [0.29, 0.717) is 10.7 Å². The molecule has 0 radical (unpaired) electrons. The molecule has 5 heteroatoms. The zero-order valence-electron chi connectivity index (χ0n) is 10.7. The molecule has 0 amide bonds. The van der Waals surface area contributed by atoms with Gasteiger partial charge in [-0.1, -0.05) is 31.2 Å². The van der Waals surface area contributed by atoms with E-state index < -0.39 is 0 Å². The van der Waals surface area contributed by atoms with Gasteiger partial charge in [-0.05, 0) is 12.1 Å². The van der Waals surface area contributed by atoms with Crippen LogP contribution < -0.4 is 10.6 Å². The topological polar surface area (TPSA) is 48.8 Å². The molecule has 1 aliphatic rings. The third-order valence-electron chi connectivity index (χ3n) is 2.63. The fraction of sp³-hybridized carbons (Fsp3) is 0.143. The Morgan fingerprint density at radius 3 is 3.00 bits per heavy atom. The van der Waals surface area contributed by atoms with Crippen molar-refractivity contribution in [1.82, 2.24) is 5.32 Å². The van der Waals surface area contributed by atoms with Gasteiger partial charge < -0.3 is 10.6 Å². The number of nitrogens with zero attached hydrogens (tertiary/aromatic N) is 2. The van der Waals surface area contributed by atoms with E-state index in [0.717, 1.165) is 23.5 Å². The van der Waals surface area contributed by atoms with E-state index in [9.17, 15) is 0 Å². The normalized spacial score (nSPS) is 16.5. The number of fused-ring (bicyclic) bond motifs is 1. The lowest BCUT2D eigenvalue weighted by atomic mass is 10.1. The molecule has 0 unspecified atom stereocenters. The number of halogens is 1. The second kappa shape index (κ2) is 6.20. The minimum absolute atomic E-state index is 0.631. The molecule has 1 heterocycles. The van der Waals surface area contributed by atoms with Crippen LogP contribution in [0, 0.1) is 0 Å². The fourth-order valence-corrected chi connectivity index (χ4v) is 1.99. The molecule has 1 aliphatic heterocycles. The number of benzene rings is 1. The van der Waals surface area contributed by atoms with Gasteiger partial charge in [0.05, 0.1) is 10.7 Å². The molecule has 0 fully saturated rings. The van der Waals surface area contributed by atoms with Crippen LogP contribution in [0.2, 0.25) is 5.02 Å². The molecule has 4 nitrogen and oxygen atoms in total. The molecule has 98 valence electrons. The molecular weight excluding hydrogens is 260 g/mol. The van der Waals surface area contributed by atoms with Crippen molar-refractivity contribution in [2.75, 3.05) is 5.32 Å². The van der Waals surface area contributed by atoms with Gasteiger partial charge in [0.2, 0.25) is 0 Å². The Labute approximate surface area is 117 Å². The summed E-state index contributed by atoms with van der Waals surface area (Å²) >= 11 is 6.25. The maximum absolute atomic E-state index is 6.25. The van der Waals surface area contributed by atoms with Crippen molar-refractivity contribution >= 4 is 35.2 Å². The number of hydrogen-bond acceptors (Lipinski definition) is 4. The Hall–Kier alpha value is -2.07. The summed E-state index contributed by atoms with van der Waals surface area (Å²) in [5.41, 5.74) is 2.41. The molecule has 2 rings (SSSR count). The molecule has 2 N–H and O–H groups in total. The van der Waals surface area contributed by atoms with Crippen LogP contribution in [0.1, 0.15) is 18.9 Å². The predicted octanol–water partition coefficient (Wildman–Crippen LogP) is 3.63. The third kappa shape index (κ3) is 3.23. The summed E-state index contributed by atoms with van der Waals surface area (Å²) < 4.78 is 0. The number of nitrogens with one attached hydrogen (secondary N) is 2. The molecule has 1 aromatic carbocycles. The van der Waals surface area contributed by atoms with Crippen LogP contribution in [-0.4, -0.2) is 12.2 Å². The molecule has 0 bridgehead atoms. The Morgan fingerprint density at radius 1 is 1.37 bits per heavy atom. The summed E-state index contributed by atoms with van der Waals surface area (Å²) in [5.74, 6) is 0.815. The molecule has 0 atom stereocenters. The van der Waals surface area contributed by atoms with E-state index in [1.165, 1.54) is 6.34 Å². The van der Waals surface area contributed by atoms with Crippen molar-refractivity contribution in [2.24, 2.45) is 9.98 Å². The Balaban J connectivity index is 2.50. The first-order valence-electron chi connectivity index (χ1n) is 5.97. The Kier molecular flexibility index (Phi) is 4.36. The molecule has 0 saturated carbocycles. The van der Waals surface area contributed by atoms with Gasteiger partial charge in [0.1, 0.15) is 12.2 Å². The lowest BCUT2D eigenvalue weighted by Crippen LogP contribution is -2.14. The van der Waals surface area contributed by atoms with Crippen LogP contribution in [0.25, 0.3) is 5.70 Å². The summed E-state index contributed by atoms with van der Waals surface area (Å²) in [6, 6.07) is 5.66. The van der Waals surface area contributed by atoms with Crippen LogP contribution in [0.3, 0.4) is 0 Å². The van der Waals surface area contributed by atoms with E-state index >= 15 is 0 Å². The van der Waals surface area contributed by atoms with Crippen molar-refractivity contribution in [2.45, 2.75) is 13.3 Å². The summed E-state index contributed by atoms with van der Waals surface area (Å²) in [6.45, 7) is 6.01. The molecule has 0 saturated heterocycles. The maximum Gasteiger partial charge on any atom is 0.117 e. The van der Waals surface area contributed by atoms with Crippen LogP contribution in [0.5, 0.6) is 0 Å². The van der Waals surface area contributed by atoms with Gasteiger partial charge in [-0.25, -0.2) is 9.98 Å². The molecular formula is C14H15ClN4. The SMILES string of the molecule is C=C1N/C=C/N=CN=C(CC)Nc2cccc(Cl)c21. The van der Waals surface area contributed by atoms with Gasteiger partial charge in [0.25, 0.3) is 0 Å². The van der Waals surface area contributed by atoms with Crippen molar-refractivity contribution < 1.29 is 0 Å². The van der Waals surface area contributed by atoms with E-state index in [4.69, 9.17) is 11.6 Å². The second-order valence-electron chi connectivity index (χ2n) is 3.92. The third-order valence-corrected chi connectivity index (χ3v) is 2.94. The molecule has 0 aromatic heterocycles. The van der Waals surface area contributed by atoms with Crippen LogP contribution >= 0.6 is 11.6 Å². The summed E-state index contributed by atoms with van der Waals surface area (Å²) in [7, 11) is 0. The van der Waals surface area contributed by atoms with E-state index in [2.05, 4.69) is 27.2 Å². The van der Waals surface area contributed by atoms with Gasteiger partial charge in [0.15, 0.2) is 0 Å². The minimum atomic E-state index is 0.631. The quantitative estimate of drug-likeness (QED) is 0.821. The maximum atomic E-state index is 6.25. The highest BCUT2D eigenvalue weighted by atomic mass is 35.5. The van der Waals surface area contributed by atoms with Crippen molar-refractivity contribution in [3.8, 4) is 0 Å². The van der Waals surface area contributed by atoms with Gasteiger partial charge in [-0.15, -0.1) is 0 Å². The summed E-state index contributed by atoms with van der Waals surface area (Å²) in [5, 5.41) is 6.94. The lowest BCUT2D eigenvalue weighted by Gasteiger charge is -2.15. The van der Waals surface area contributed by atoms with Crippen LogP contribution in [0.15, 0.2) is 47.2 Å². The van der Waals surface area contributed by atoms with E-state index in [1.807, 2.05) is 25.1 Å². The Bertz CT molecular complexity index is 573. The predicted molar refractivity (Wildman–Crippen MR) is 82.6 cm³/mol. The monoisotopic (exact) mass is 274 g/mol. The lowest BCUT2D eigenvalue weighted by molar-refractivity contribution is 1.21. The average molecular weight is 275 g/mol. The summed E-state index contributed by atoms with van der Waals surface area (Å²) in [4.78, 5) is 8.28. The van der Waals surface area contributed by atoms with Crippen LogP contribution in [-0.2, 0) is 0 Å². The standard InChI is InChI=1S/C14H15ClN4/c1-3-13-18-9-16-7-8-17-10(2)14-11(15)5-4-6-12(14)19-13/h4-9,17H,2-3H2,1H3,(H,16,18,19)/b8-7+. The zero-order chi connectivity index (χ0) is 13.7. The zero-order valence-corrected chi connectivity index (χ0v) is 11.4. The molecule has 0 aliphatic carbocycles. The first kappa shape index (κ1) is 13.4. The number of hydrogen-bond donors (Lipinski definition) is 2. The van der Waals surface area contributed by atoms with Crippen molar-refractivity contribution in [3.63, 3.8) is 0 Å². The van der Waals surface area contributed by atoms with E-state index in [1.54, 1.807) is 12.4 Å². The van der Waals surface area contributed by atoms with Crippen LogP contribution in [0.4, 0.5) is 5.69 Å². The van der Waals surface area contributed by atoms with E-state index in [-0.39, 0.29) is 0 Å². The first-order chi connectivity index (χ1) is 9.22.